The third-order valence-electron chi connectivity index (χ3n) is 2.06. The molecule has 0 aliphatic carbocycles. The Kier molecular flexibility index (Phi) is 3.11. The number of nitrogens with two attached hydrogens (primary N) is 1. The van der Waals surface area contributed by atoms with E-state index in [1.807, 2.05) is 12.1 Å². The molecule has 3 N–H and O–H groups in total. The van der Waals surface area contributed by atoms with Gasteiger partial charge >= 0.3 is 0 Å². The van der Waals surface area contributed by atoms with E-state index >= 15 is 0 Å². The number of likely N-dealkylation sites (N-methyl/N-ethyl adjacent to an activating group) is 1. The summed E-state index contributed by atoms with van der Waals surface area (Å²) in [6, 6.07) is 8.01. The summed E-state index contributed by atoms with van der Waals surface area (Å²) >= 11 is 0. The van der Waals surface area contributed by atoms with Crippen LogP contribution in [0.15, 0.2) is 24.3 Å². The van der Waals surface area contributed by atoms with Gasteiger partial charge in [0.15, 0.2) is 0 Å². The predicted octanol–water partition coefficient (Wildman–Crippen LogP) is 0.516. The molecule has 1 atom stereocenters. The lowest BCUT2D eigenvalue weighted by Crippen LogP contribution is -2.85. The topological polar surface area (TPSA) is 36.8 Å². The third-order valence-corrected chi connectivity index (χ3v) is 2.06. The van der Waals surface area contributed by atoms with Crippen molar-refractivity contribution in [3.05, 3.63) is 29.8 Å². The van der Waals surface area contributed by atoms with Crippen molar-refractivity contribution < 1.29 is 10.4 Å². The first-order valence-corrected chi connectivity index (χ1v) is 4.29. The lowest BCUT2D eigenvalue weighted by Gasteiger charge is -2.06. The van der Waals surface area contributed by atoms with Crippen molar-refractivity contribution in [2.24, 2.45) is 0 Å². The van der Waals surface area contributed by atoms with Crippen molar-refractivity contribution >= 4 is 0 Å². The maximum Gasteiger partial charge on any atom is 0.115 e. The maximum atomic E-state index is 9.04. The van der Waals surface area contributed by atoms with Gasteiger partial charge < -0.3 is 10.4 Å². The van der Waals surface area contributed by atoms with E-state index in [2.05, 4.69) is 19.3 Å². The Morgan fingerprint density at radius 3 is 2.42 bits per heavy atom. The van der Waals surface area contributed by atoms with E-state index in [-0.39, 0.29) is 0 Å². The van der Waals surface area contributed by atoms with Gasteiger partial charge in [0.1, 0.15) is 5.75 Å². The summed E-state index contributed by atoms with van der Waals surface area (Å²) in [5.74, 6) is 0.340. The monoisotopic (exact) mass is 166 g/mol. The predicted molar refractivity (Wildman–Crippen MR) is 49.1 cm³/mol. The van der Waals surface area contributed by atoms with E-state index in [0.717, 1.165) is 6.42 Å². The zero-order chi connectivity index (χ0) is 8.97. The van der Waals surface area contributed by atoms with Gasteiger partial charge in [0.25, 0.3) is 0 Å². The molecule has 0 unspecified atom stereocenters. The molecule has 0 saturated heterocycles. The number of hydrogen-bond donors (Lipinski definition) is 2. The van der Waals surface area contributed by atoms with Gasteiger partial charge in [0.05, 0.1) is 13.1 Å². The molecule has 0 saturated carbocycles. The summed E-state index contributed by atoms with van der Waals surface area (Å²) in [7, 11) is 2.07. The van der Waals surface area contributed by atoms with Crippen molar-refractivity contribution in [1.29, 1.82) is 0 Å². The van der Waals surface area contributed by atoms with Gasteiger partial charge in [0.2, 0.25) is 0 Å². The van der Waals surface area contributed by atoms with E-state index in [4.69, 9.17) is 5.11 Å². The van der Waals surface area contributed by atoms with Crippen LogP contribution in [0.5, 0.6) is 5.75 Å². The van der Waals surface area contributed by atoms with E-state index in [1.54, 1.807) is 12.1 Å². The highest BCUT2D eigenvalue weighted by Crippen LogP contribution is 2.10. The largest absolute Gasteiger partial charge is 0.508 e. The second-order valence-corrected chi connectivity index (χ2v) is 3.18. The Morgan fingerprint density at radius 2 is 1.92 bits per heavy atom. The minimum atomic E-state index is 0.340. The fraction of sp³-hybridized carbons (Fsp3) is 0.400. The van der Waals surface area contributed by atoms with Gasteiger partial charge in [-0.3, -0.25) is 0 Å². The lowest BCUT2D eigenvalue weighted by atomic mass is 10.1. The Hall–Kier alpha value is -1.02. The molecule has 0 spiro atoms. The molecule has 0 heterocycles. The highest BCUT2D eigenvalue weighted by Gasteiger charge is 2.02. The first kappa shape index (κ1) is 9.07. The van der Waals surface area contributed by atoms with E-state index < -0.39 is 0 Å². The van der Waals surface area contributed by atoms with Gasteiger partial charge in [-0.1, -0.05) is 12.1 Å². The average Bonchev–Trinajstić information content (AvgIpc) is 2.09. The Labute approximate surface area is 73.2 Å². The van der Waals surface area contributed by atoms with Crippen LogP contribution in [0.3, 0.4) is 0 Å². The molecule has 0 radical (unpaired) electrons. The molecule has 2 nitrogen and oxygen atoms in total. The lowest BCUT2D eigenvalue weighted by molar-refractivity contribution is -0.659. The summed E-state index contributed by atoms with van der Waals surface area (Å²) in [5, 5.41) is 11.2. The van der Waals surface area contributed by atoms with Crippen LogP contribution in [0.2, 0.25) is 0 Å². The second-order valence-electron chi connectivity index (χ2n) is 3.18. The summed E-state index contributed by atoms with van der Waals surface area (Å²) in [6.45, 7) is 2.19. The van der Waals surface area contributed by atoms with Gasteiger partial charge in [-0.15, -0.1) is 0 Å². The maximum absolute atomic E-state index is 9.04. The molecule has 0 aliphatic heterocycles. The van der Waals surface area contributed by atoms with E-state index in [9.17, 15) is 0 Å². The molecular formula is C10H16NO+. The van der Waals surface area contributed by atoms with Gasteiger partial charge in [-0.25, -0.2) is 0 Å². The zero-order valence-electron chi connectivity index (χ0n) is 7.62. The molecule has 1 aromatic rings. The fourth-order valence-corrected chi connectivity index (χ4v) is 1.12. The van der Waals surface area contributed by atoms with Crippen molar-refractivity contribution in [3.8, 4) is 5.75 Å². The average molecular weight is 166 g/mol. The van der Waals surface area contributed by atoms with Crippen LogP contribution in [-0.4, -0.2) is 18.2 Å². The van der Waals surface area contributed by atoms with E-state index in [0.29, 0.717) is 11.8 Å². The highest BCUT2D eigenvalue weighted by atomic mass is 16.3. The number of phenols is 1. The van der Waals surface area contributed by atoms with Crippen molar-refractivity contribution in [3.63, 3.8) is 0 Å². The van der Waals surface area contributed by atoms with E-state index in [1.165, 1.54) is 5.56 Å². The van der Waals surface area contributed by atoms with Gasteiger partial charge in [-0.05, 0) is 24.6 Å². The van der Waals surface area contributed by atoms with Crippen LogP contribution in [0, 0.1) is 0 Å². The van der Waals surface area contributed by atoms with Crippen LogP contribution in [0.1, 0.15) is 12.5 Å². The van der Waals surface area contributed by atoms with Gasteiger partial charge in [0, 0.05) is 6.42 Å². The first-order valence-electron chi connectivity index (χ1n) is 4.29. The molecule has 66 valence electrons. The minimum absolute atomic E-state index is 0.340. The fourth-order valence-electron chi connectivity index (χ4n) is 1.12. The number of rotatable bonds is 3. The van der Waals surface area contributed by atoms with Gasteiger partial charge in [-0.2, -0.15) is 0 Å². The molecule has 0 fully saturated rings. The molecule has 0 bridgehead atoms. The number of benzene rings is 1. The minimum Gasteiger partial charge on any atom is -0.508 e. The summed E-state index contributed by atoms with van der Waals surface area (Å²) in [6.07, 6.45) is 1.05. The zero-order valence-corrected chi connectivity index (χ0v) is 7.62. The van der Waals surface area contributed by atoms with Crippen LogP contribution in [0.4, 0.5) is 0 Å². The molecule has 1 aromatic carbocycles. The summed E-state index contributed by atoms with van der Waals surface area (Å²) in [4.78, 5) is 0. The van der Waals surface area contributed by atoms with Crippen molar-refractivity contribution in [1.82, 2.24) is 0 Å². The molecular weight excluding hydrogens is 150 g/mol. The second kappa shape index (κ2) is 4.12. The first-order chi connectivity index (χ1) is 5.72. The summed E-state index contributed by atoms with van der Waals surface area (Å²) in [5.41, 5.74) is 1.28. The molecule has 12 heavy (non-hydrogen) atoms. The molecule has 0 amide bonds. The van der Waals surface area contributed by atoms with Crippen molar-refractivity contribution in [2.45, 2.75) is 19.4 Å². The Bertz CT molecular complexity index is 230. The smallest absolute Gasteiger partial charge is 0.115 e. The van der Waals surface area contributed by atoms with Crippen LogP contribution >= 0.6 is 0 Å². The SMILES string of the molecule is C[NH2+][C@@H](C)Cc1ccc(O)cc1. The number of phenolic OH excluding ortho intramolecular Hbond substituents is 1. The summed E-state index contributed by atoms with van der Waals surface area (Å²) < 4.78 is 0. The quantitative estimate of drug-likeness (QED) is 0.674. The Morgan fingerprint density at radius 1 is 1.33 bits per heavy atom. The third kappa shape index (κ3) is 2.55. The molecule has 2 heteroatoms. The van der Waals surface area contributed by atoms with Crippen LogP contribution in [-0.2, 0) is 6.42 Å². The number of hydrogen-bond acceptors (Lipinski definition) is 1. The van der Waals surface area contributed by atoms with Crippen LogP contribution in [0.25, 0.3) is 0 Å². The molecule has 1 rings (SSSR count). The van der Waals surface area contributed by atoms with Crippen molar-refractivity contribution in [2.75, 3.05) is 7.05 Å². The standard InChI is InChI=1S/C10H15NO/c1-8(11-2)7-9-3-5-10(12)6-4-9/h3-6,8,11-12H,7H2,1-2H3/p+1/t8-/m0/s1. The van der Waals surface area contributed by atoms with Crippen LogP contribution < -0.4 is 5.32 Å². The normalized spacial score (nSPS) is 12.8. The molecule has 0 aromatic heterocycles. The number of quaternary nitrogens is 1. The number of aromatic hydroxyl groups is 1. The molecule has 0 aliphatic rings. The highest BCUT2D eigenvalue weighted by molar-refractivity contribution is 5.26. The Balaban J connectivity index is 2.58.